The Morgan fingerprint density at radius 1 is 1.83 bits per heavy atom. The number of ether oxygens (including phenoxy) is 1. The summed E-state index contributed by atoms with van der Waals surface area (Å²) >= 11 is 0. The van der Waals surface area contributed by atoms with E-state index in [9.17, 15) is 4.79 Å². The maximum atomic E-state index is 10.8. The summed E-state index contributed by atoms with van der Waals surface area (Å²) in [4.78, 5) is 10.8. The SMILES string of the molecule is COC(=O)C=C1CC(N)CCN1. The highest BCUT2D eigenvalue weighted by Crippen LogP contribution is 2.09. The molecule has 4 nitrogen and oxygen atoms in total. The zero-order valence-electron chi connectivity index (χ0n) is 7.17. The van der Waals surface area contributed by atoms with E-state index in [0.29, 0.717) is 0 Å². The summed E-state index contributed by atoms with van der Waals surface area (Å²) in [7, 11) is 1.36. The van der Waals surface area contributed by atoms with Gasteiger partial charge in [0.25, 0.3) is 0 Å². The summed E-state index contributed by atoms with van der Waals surface area (Å²) in [6.07, 6.45) is 3.15. The maximum absolute atomic E-state index is 10.8. The van der Waals surface area contributed by atoms with Crippen LogP contribution in [-0.2, 0) is 9.53 Å². The summed E-state index contributed by atoms with van der Waals surface area (Å²) in [6.45, 7) is 0.837. The number of piperidine rings is 1. The van der Waals surface area contributed by atoms with Gasteiger partial charge in [0.05, 0.1) is 7.11 Å². The molecule has 0 spiro atoms. The van der Waals surface area contributed by atoms with Crippen molar-refractivity contribution >= 4 is 5.97 Å². The lowest BCUT2D eigenvalue weighted by Crippen LogP contribution is -2.34. The zero-order chi connectivity index (χ0) is 8.97. The van der Waals surface area contributed by atoms with Crippen molar-refractivity contribution in [1.29, 1.82) is 0 Å². The van der Waals surface area contributed by atoms with E-state index in [1.807, 2.05) is 0 Å². The Hall–Kier alpha value is -1.03. The number of carbonyl (C=O) groups excluding carboxylic acids is 1. The molecule has 3 N–H and O–H groups in total. The lowest BCUT2D eigenvalue weighted by molar-refractivity contribution is -0.134. The second-order valence-electron chi connectivity index (χ2n) is 2.87. The largest absolute Gasteiger partial charge is 0.466 e. The van der Waals surface area contributed by atoms with Crippen LogP contribution in [0.2, 0.25) is 0 Å². The highest BCUT2D eigenvalue weighted by atomic mass is 16.5. The molecule has 0 aromatic carbocycles. The standard InChI is InChI=1S/C8H14N2O2/c1-12-8(11)5-7-4-6(9)2-3-10-7/h5-6,10H,2-4,9H2,1H3. The molecule has 0 aromatic rings. The number of hydrogen-bond acceptors (Lipinski definition) is 4. The smallest absolute Gasteiger partial charge is 0.332 e. The topological polar surface area (TPSA) is 64.3 Å². The molecule has 0 bridgehead atoms. The fourth-order valence-electron chi connectivity index (χ4n) is 1.19. The number of nitrogens with one attached hydrogen (secondary N) is 1. The second-order valence-corrected chi connectivity index (χ2v) is 2.87. The van der Waals surface area contributed by atoms with Gasteiger partial charge in [-0.1, -0.05) is 0 Å². The third-order valence-electron chi connectivity index (χ3n) is 1.84. The molecule has 0 aliphatic carbocycles. The lowest BCUT2D eigenvalue weighted by Gasteiger charge is -2.22. The predicted molar refractivity (Wildman–Crippen MR) is 45.3 cm³/mol. The molecule has 4 heteroatoms. The molecule has 1 unspecified atom stereocenters. The van der Waals surface area contributed by atoms with Crippen molar-refractivity contribution in [3.8, 4) is 0 Å². The third-order valence-corrected chi connectivity index (χ3v) is 1.84. The van der Waals surface area contributed by atoms with Gasteiger partial charge in [0.2, 0.25) is 0 Å². The van der Waals surface area contributed by atoms with Gasteiger partial charge in [-0.05, 0) is 6.42 Å². The van der Waals surface area contributed by atoms with Gasteiger partial charge in [0.15, 0.2) is 0 Å². The first-order valence-corrected chi connectivity index (χ1v) is 4.00. The van der Waals surface area contributed by atoms with E-state index in [1.165, 1.54) is 13.2 Å². The highest BCUT2D eigenvalue weighted by Gasteiger charge is 2.12. The summed E-state index contributed by atoms with van der Waals surface area (Å²) in [5, 5.41) is 3.10. The van der Waals surface area contributed by atoms with Crippen LogP contribution in [0.3, 0.4) is 0 Å². The van der Waals surface area contributed by atoms with Gasteiger partial charge in [-0.2, -0.15) is 0 Å². The molecule has 12 heavy (non-hydrogen) atoms. The zero-order valence-corrected chi connectivity index (χ0v) is 7.17. The first-order valence-electron chi connectivity index (χ1n) is 4.00. The molecule has 0 amide bonds. The fraction of sp³-hybridized carbons (Fsp3) is 0.625. The van der Waals surface area contributed by atoms with Gasteiger partial charge >= 0.3 is 5.97 Å². The van der Waals surface area contributed by atoms with Gasteiger partial charge in [-0.15, -0.1) is 0 Å². The van der Waals surface area contributed by atoms with E-state index >= 15 is 0 Å². The number of nitrogens with two attached hydrogens (primary N) is 1. The molecule has 1 rings (SSSR count). The van der Waals surface area contributed by atoms with Crippen LogP contribution in [0.1, 0.15) is 12.8 Å². The summed E-state index contributed by atoms with van der Waals surface area (Å²) in [6, 6.07) is 0.169. The van der Waals surface area contributed by atoms with Crippen LogP contribution >= 0.6 is 0 Å². The number of esters is 1. The second kappa shape index (κ2) is 4.11. The maximum Gasteiger partial charge on any atom is 0.332 e. The Morgan fingerprint density at radius 3 is 3.17 bits per heavy atom. The summed E-state index contributed by atoms with van der Waals surface area (Å²) in [5.41, 5.74) is 6.58. The van der Waals surface area contributed by atoms with E-state index in [-0.39, 0.29) is 12.0 Å². The van der Waals surface area contributed by atoms with Crippen LogP contribution in [0.25, 0.3) is 0 Å². The Morgan fingerprint density at radius 2 is 2.58 bits per heavy atom. The summed E-state index contributed by atoms with van der Waals surface area (Å²) < 4.78 is 4.49. The molecule has 1 aliphatic heterocycles. The normalized spacial score (nSPS) is 26.5. The number of rotatable bonds is 1. The number of methoxy groups -OCH3 is 1. The van der Waals surface area contributed by atoms with E-state index in [2.05, 4.69) is 10.1 Å². The Kier molecular flexibility index (Phi) is 3.10. The molecule has 1 saturated heterocycles. The van der Waals surface area contributed by atoms with E-state index in [4.69, 9.17) is 5.73 Å². The predicted octanol–water partition coefficient (Wildman–Crippen LogP) is -0.246. The monoisotopic (exact) mass is 170 g/mol. The molecule has 1 heterocycles. The first-order chi connectivity index (χ1) is 5.72. The van der Waals surface area contributed by atoms with E-state index in [1.54, 1.807) is 0 Å². The lowest BCUT2D eigenvalue weighted by atomic mass is 10.0. The van der Waals surface area contributed by atoms with Gasteiger partial charge in [-0.3, -0.25) is 0 Å². The molecule has 1 atom stereocenters. The van der Waals surface area contributed by atoms with Crippen LogP contribution < -0.4 is 11.1 Å². The Labute approximate surface area is 71.8 Å². The minimum Gasteiger partial charge on any atom is -0.466 e. The van der Waals surface area contributed by atoms with Crippen molar-refractivity contribution in [3.63, 3.8) is 0 Å². The van der Waals surface area contributed by atoms with Crippen molar-refractivity contribution in [3.05, 3.63) is 11.8 Å². The average molecular weight is 170 g/mol. The van der Waals surface area contributed by atoms with Crippen LogP contribution in [0.15, 0.2) is 11.8 Å². The van der Waals surface area contributed by atoms with Crippen LogP contribution in [0.4, 0.5) is 0 Å². The van der Waals surface area contributed by atoms with Crippen molar-refractivity contribution < 1.29 is 9.53 Å². The average Bonchev–Trinajstić information content (AvgIpc) is 2.04. The highest BCUT2D eigenvalue weighted by molar-refractivity contribution is 5.82. The Bertz CT molecular complexity index is 201. The molecular formula is C8H14N2O2. The molecule has 1 aliphatic rings. The Balaban J connectivity index is 2.50. The van der Waals surface area contributed by atoms with Crippen molar-refractivity contribution in [2.24, 2.45) is 5.73 Å². The molecule has 1 fully saturated rings. The summed E-state index contributed by atoms with van der Waals surface area (Å²) in [5.74, 6) is -0.327. The van der Waals surface area contributed by atoms with Gasteiger partial charge in [0.1, 0.15) is 0 Å². The van der Waals surface area contributed by atoms with Crippen molar-refractivity contribution in [2.45, 2.75) is 18.9 Å². The fourth-order valence-corrected chi connectivity index (χ4v) is 1.19. The quantitative estimate of drug-likeness (QED) is 0.421. The van der Waals surface area contributed by atoms with E-state index < -0.39 is 0 Å². The van der Waals surface area contributed by atoms with Gasteiger partial charge < -0.3 is 15.8 Å². The van der Waals surface area contributed by atoms with Crippen LogP contribution in [0.5, 0.6) is 0 Å². The first kappa shape index (κ1) is 9.06. The molecule has 68 valence electrons. The molecule has 0 aromatic heterocycles. The number of hydrogen-bond donors (Lipinski definition) is 2. The van der Waals surface area contributed by atoms with Crippen LogP contribution in [0, 0.1) is 0 Å². The molecule has 0 saturated carbocycles. The van der Waals surface area contributed by atoms with E-state index in [0.717, 1.165) is 25.1 Å². The van der Waals surface area contributed by atoms with Crippen molar-refractivity contribution in [2.75, 3.05) is 13.7 Å². The van der Waals surface area contributed by atoms with Gasteiger partial charge in [-0.25, -0.2) is 4.79 Å². The van der Waals surface area contributed by atoms with Crippen LogP contribution in [-0.4, -0.2) is 25.7 Å². The molecular weight excluding hydrogens is 156 g/mol. The van der Waals surface area contributed by atoms with Crippen molar-refractivity contribution in [1.82, 2.24) is 5.32 Å². The molecule has 0 radical (unpaired) electrons. The van der Waals surface area contributed by atoms with Gasteiger partial charge in [0, 0.05) is 30.8 Å². The minimum atomic E-state index is -0.327. The third kappa shape index (κ3) is 2.54. The number of carbonyl (C=O) groups is 1. The minimum absolute atomic E-state index is 0.169.